The van der Waals surface area contributed by atoms with Crippen molar-refractivity contribution in [1.82, 2.24) is 9.55 Å². The van der Waals surface area contributed by atoms with Crippen molar-refractivity contribution in [3.05, 3.63) is 63.4 Å². The summed E-state index contributed by atoms with van der Waals surface area (Å²) >= 11 is 7.14. The fraction of sp³-hybridized carbons (Fsp3) is 0.304. The minimum atomic E-state index is -0.603. The summed E-state index contributed by atoms with van der Waals surface area (Å²) in [6.45, 7) is 4.69. The number of thioether (sulfide) groups is 1. The molecule has 0 unspecified atom stereocenters. The minimum absolute atomic E-state index is 0.00962. The predicted octanol–water partition coefficient (Wildman–Crippen LogP) is 4.61. The third-order valence-electron chi connectivity index (χ3n) is 4.75. The molecule has 1 heterocycles. The van der Waals surface area contributed by atoms with E-state index >= 15 is 0 Å². The zero-order valence-electron chi connectivity index (χ0n) is 18.1. The van der Waals surface area contributed by atoms with Crippen LogP contribution in [0.4, 0.5) is 5.69 Å². The van der Waals surface area contributed by atoms with Gasteiger partial charge in [0.15, 0.2) is 5.16 Å². The Labute approximate surface area is 195 Å². The Morgan fingerprint density at radius 2 is 1.97 bits per heavy atom. The number of aromatic nitrogens is 2. The fourth-order valence-corrected chi connectivity index (χ4v) is 4.06. The van der Waals surface area contributed by atoms with Crippen LogP contribution in [0.25, 0.3) is 10.9 Å². The van der Waals surface area contributed by atoms with Crippen molar-refractivity contribution >= 4 is 51.8 Å². The van der Waals surface area contributed by atoms with Crippen LogP contribution in [-0.4, -0.2) is 34.3 Å². The predicted molar refractivity (Wildman–Crippen MR) is 128 cm³/mol. The van der Waals surface area contributed by atoms with Gasteiger partial charge in [-0.1, -0.05) is 49.3 Å². The number of halogens is 1. The molecule has 32 heavy (non-hydrogen) atoms. The van der Waals surface area contributed by atoms with E-state index in [9.17, 15) is 14.4 Å². The van der Waals surface area contributed by atoms with Gasteiger partial charge in [-0.25, -0.2) is 9.78 Å². The average molecular weight is 474 g/mol. The third kappa shape index (κ3) is 5.69. The summed E-state index contributed by atoms with van der Waals surface area (Å²) in [6.07, 6.45) is 0.812. The highest BCUT2D eigenvalue weighted by Gasteiger charge is 2.17. The number of amides is 1. The summed E-state index contributed by atoms with van der Waals surface area (Å²) in [5, 5.41) is 4.09. The highest BCUT2D eigenvalue weighted by atomic mass is 35.5. The normalized spacial score (nSPS) is 11.0. The molecular formula is C23H24ClN3O4S. The van der Waals surface area contributed by atoms with Gasteiger partial charge < -0.3 is 10.1 Å². The summed E-state index contributed by atoms with van der Waals surface area (Å²) in [5.74, 6) is -0.527. The largest absolute Gasteiger partial charge is 0.465 e. The number of ether oxygens (including phenoxy) is 1. The molecule has 0 saturated carbocycles. The number of anilines is 1. The Balaban J connectivity index is 1.83. The monoisotopic (exact) mass is 473 g/mol. The van der Waals surface area contributed by atoms with Gasteiger partial charge in [0.05, 0.1) is 35.0 Å². The third-order valence-corrected chi connectivity index (χ3v) is 5.96. The van der Waals surface area contributed by atoms with E-state index in [1.807, 2.05) is 12.1 Å². The molecule has 0 bridgehead atoms. The minimum Gasteiger partial charge on any atom is -0.465 e. The van der Waals surface area contributed by atoms with E-state index in [1.165, 1.54) is 24.9 Å². The lowest BCUT2D eigenvalue weighted by Gasteiger charge is -2.14. The molecule has 0 aliphatic rings. The van der Waals surface area contributed by atoms with Crippen molar-refractivity contribution in [1.29, 1.82) is 0 Å². The summed E-state index contributed by atoms with van der Waals surface area (Å²) in [7, 11) is 1.26. The van der Waals surface area contributed by atoms with Gasteiger partial charge in [0, 0.05) is 11.6 Å². The van der Waals surface area contributed by atoms with E-state index in [4.69, 9.17) is 16.3 Å². The lowest BCUT2D eigenvalue weighted by molar-refractivity contribution is -0.113. The zero-order chi connectivity index (χ0) is 23.3. The average Bonchev–Trinajstić information content (AvgIpc) is 2.77. The van der Waals surface area contributed by atoms with E-state index in [0.717, 1.165) is 6.42 Å². The van der Waals surface area contributed by atoms with Crippen molar-refractivity contribution in [3.8, 4) is 0 Å². The molecule has 0 aliphatic carbocycles. The van der Waals surface area contributed by atoms with Crippen LogP contribution < -0.4 is 10.9 Å². The number of esters is 1. The van der Waals surface area contributed by atoms with Crippen molar-refractivity contribution in [2.75, 3.05) is 18.2 Å². The molecule has 0 saturated heterocycles. The van der Waals surface area contributed by atoms with Gasteiger partial charge in [0.1, 0.15) is 0 Å². The Hall–Kier alpha value is -2.84. The van der Waals surface area contributed by atoms with E-state index in [-0.39, 0.29) is 22.8 Å². The first-order valence-corrected chi connectivity index (χ1v) is 11.5. The van der Waals surface area contributed by atoms with Gasteiger partial charge in [0.25, 0.3) is 5.56 Å². The molecule has 1 amide bonds. The Bertz CT molecular complexity index is 1210. The number of nitrogens with one attached hydrogen (secondary N) is 1. The van der Waals surface area contributed by atoms with E-state index in [2.05, 4.69) is 24.1 Å². The van der Waals surface area contributed by atoms with Crippen LogP contribution in [-0.2, 0) is 16.1 Å². The quantitative estimate of drug-likeness (QED) is 0.292. The van der Waals surface area contributed by atoms with Crippen molar-refractivity contribution < 1.29 is 14.3 Å². The smallest absolute Gasteiger partial charge is 0.340 e. The van der Waals surface area contributed by atoms with E-state index in [0.29, 0.717) is 39.2 Å². The van der Waals surface area contributed by atoms with Crippen LogP contribution in [0.5, 0.6) is 0 Å². The molecule has 0 spiro atoms. The van der Waals surface area contributed by atoms with E-state index in [1.54, 1.807) is 28.8 Å². The van der Waals surface area contributed by atoms with Crippen LogP contribution in [0.1, 0.15) is 30.6 Å². The van der Waals surface area contributed by atoms with Gasteiger partial charge in [-0.15, -0.1) is 0 Å². The first-order valence-electron chi connectivity index (χ1n) is 10.1. The maximum absolute atomic E-state index is 13.0. The summed E-state index contributed by atoms with van der Waals surface area (Å²) in [5.41, 5.74) is 0.934. The molecule has 7 nitrogen and oxygen atoms in total. The SMILES string of the molecule is COC(=O)c1cc(Cl)ccc1NC(=O)CSc1nc2ccccc2c(=O)n1CCC(C)C. The molecule has 9 heteroatoms. The molecule has 0 fully saturated rings. The first kappa shape index (κ1) is 23.8. The van der Waals surface area contributed by atoms with Crippen LogP contribution in [0.3, 0.4) is 0 Å². The van der Waals surface area contributed by atoms with Crippen LogP contribution in [0, 0.1) is 5.92 Å². The van der Waals surface area contributed by atoms with Gasteiger partial charge in [0.2, 0.25) is 5.91 Å². The number of methoxy groups -OCH3 is 1. The number of carbonyl (C=O) groups is 2. The number of fused-ring (bicyclic) bond motifs is 1. The highest BCUT2D eigenvalue weighted by molar-refractivity contribution is 7.99. The topological polar surface area (TPSA) is 90.3 Å². The second kappa shape index (κ2) is 10.7. The maximum atomic E-state index is 13.0. The number of carbonyl (C=O) groups excluding carboxylic acids is 2. The molecule has 168 valence electrons. The second-order valence-electron chi connectivity index (χ2n) is 7.57. The van der Waals surface area contributed by atoms with Crippen molar-refractivity contribution in [3.63, 3.8) is 0 Å². The summed E-state index contributed by atoms with van der Waals surface area (Å²) in [4.78, 5) is 42.3. The standard InChI is InChI=1S/C23H24ClN3O4S/c1-14(2)10-11-27-21(29)16-6-4-5-7-18(16)26-23(27)32-13-20(28)25-19-9-8-15(24)12-17(19)22(30)31-3/h4-9,12,14H,10-11,13H2,1-3H3,(H,25,28). The van der Waals surface area contributed by atoms with Crippen LogP contribution in [0.15, 0.2) is 52.4 Å². The molecule has 1 aromatic heterocycles. The first-order chi connectivity index (χ1) is 15.3. The summed E-state index contributed by atoms with van der Waals surface area (Å²) in [6, 6.07) is 11.7. The molecule has 3 aromatic rings. The fourth-order valence-electron chi connectivity index (χ4n) is 3.06. The van der Waals surface area contributed by atoms with Crippen LogP contribution >= 0.6 is 23.4 Å². The Kier molecular flexibility index (Phi) is 7.93. The van der Waals surface area contributed by atoms with Crippen molar-refractivity contribution in [2.24, 2.45) is 5.92 Å². The number of benzene rings is 2. The summed E-state index contributed by atoms with van der Waals surface area (Å²) < 4.78 is 6.38. The maximum Gasteiger partial charge on any atom is 0.340 e. The zero-order valence-corrected chi connectivity index (χ0v) is 19.6. The van der Waals surface area contributed by atoms with Gasteiger partial charge in [-0.05, 0) is 42.7 Å². The Morgan fingerprint density at radius 1 is 1.22 bits per heavy atom. The van der Waals surface area contributed by atoms with Gasteiger partial charge in [-0.2, -0.15) is 0 Å². The molecular weight excluding hydrogens is 450 g/mol. The number of hydrogen-bond donors (Lipinski definition) is 1. The highest BCUT2D eigenvalue weighted by Crippen LogP contribution is 2.23. The molecule has 2 aromatic carbocycles. The van der Waals surface area contributed by atoms with Crippen LogP contribution in [0.2, 0.25) is 5.02 Å². The molecule has 0 aliphatic heterocycles. The molecule has 1 N–H and O–H groups in total. The van der Waals surface area contributed by atoms with Crippen molar-refractivity contribution in [2.45, 2.75) is 32.0 Å². The van der Waals surface area contributed by atoms with Gasteiger partial charge in [-0.3, -0.25) is 14.2 Å². The molecule has 0 radical (unpaired) electrons. The lowest BCUT2D eigenvalue weighted by Crippen LogP contribution is -2.25. The van der Waals surface area contributed by atoms with Gasteiger partial charge >= 0.3 is 5.97 Å². The number of rotatable bonds is 8. The molecule has 0 atom stereocenters. The number of nitrogens with zero attached hydrogens (tertiary/aromatic N) is 2. The lowest BCUT2D eigenvalue weighted by atomic mass is 10.1. The second-order valence-corrected chi connectivity index (χ2v) is 8.95. The van der Waals surface area contributed by atoms with E-state index < -0.39 is 5.97 Å². The Morgan fingerprint density at radius 3 is 2.69 bits per heavy atom. The molecule has 3 rings (SSSR count). The number of hydrogen-bond acceptors (Lipinski definition) is 6. The number of para-hydroxylation sites is 1.